The van der Waals surface area contributed by atoms with Crippen molar-refractivity contribution in [3.63, 3.8) is 0 Å². The van der Waals surface area contributed by atoms with Crippen molar-refractivity contribution in [3.05, 3.63) is 42.0 Å². The quantitative estimate of drug-likeness (QED) is 0.843. The van der Waals surface area contributed by atoms with E-state index in [1.165, 1.54) is 0 Å². The Hall–Kier alpha value is -2.70. The van der Waals surface area contributed by atoms with Crippen LogP contribution in [-0.2, 0) is 4.79 Å². The van der Waals surface area contributed by atoms with E-state index in [0.717, 1.165) is 37.2 Å². The Morgan fingerprint density at radius 3 is 2.46 bits per heavy atom. The first-order valence-corrected chi connectivity index (χ1v) is 8.19. The topological polar surface area (TPSA) is 97.1 Å². The van der Waals surface area contributed by atoms with Crippen molar-refractivity contribution in [1.82, 2.24) is 20.1 Å². The molecule has 0 bridgehead atoms. The molecule has 1 aromatic carbocycles. The summed E-state index contributed by atoms with van der Waals surface area (Å²) in [4.78, 5) is 28.1. The Kier molecular flexibility index (Phi) is 3.55. The van der Waals surface area contributed by atoms with Crippen molar-refractivity contribution in [3.8, 4) is 5.69 Å². The molecule has 7 nitrogen and oxygen atoms in total. The number of carbonyl (C=O) groups excluding carboxylic acids is 1. The molecule has 2 aliphatic carbocycles. The summed E-state index contributed by atoms with van der Waals surface area (Å²) in [5.41, 5.74) is 0.850. The van der Waals surface area contributed by atoms with Crippen LogP contribution in [0, 0.1) is 5.92 Å². The van der Waals surface area contributed by atoms with Gasteiger partial charge in [-0.1, -0.05) is 18.2 Å². The molecule has 1 atom stereocenters. The lowest BCUT2D eigenvalue weighted by Gasteiger charge is -2.11. The van der Waals surface area contributed by atoms with Crippen molar-refractivity contribution in [1.29, 1.82) is 0 Å². The van der Waals surface area contributed by atoms with Crippen molar-refractivity contribution in [2.45, 2.75) is 37.6 Å². The van der Waals surface area contributed by atoms with Gasteiger partial charge in [0, 0.05) is 5.92 Å². The molecule has 2 N–H and O–H groups in total. The van der Waals surface area contributed by atoms with Crippen LogP contribution in [0.4, 0.5) is 0 Å². The fourth-order valence-corrected chi connectivity index (χ4v) is 2.80. The number of hydrogen-bond acceptors (Lipinski definition) is 4. The molecule has 1 aromatic heterocycles. The van der Waals surface area contributed by atoms with Crippen LogP contribution in [0.5, 0.6) is 0 Å². The molecule has 0 radical (unpaired) electrons. The Morgan fingerprint density at radius 2 is 1.88 bits per heavy atom. The van der Waals surface area contributed by atoms with Gasteiger partial charge < -0.3 is 10.4 Å². The van der Waals surface area contributed by atoms with E-state index in [1.807, 2.05) is 30.3 Å². The average Bonchev–Trinajstić information content (AvgIpc) is 3.51. The summed E-state index contributed by atoms with van der Waals surface area (Å²) in [5.74, 6) is -0.387. The number of aromatic nitrogens is 3. The van der Waals surface area contributed by atoms with Crippen LogP contribution in [0.25, 0.3) is 5.69 Å². The summed E-state index contributed by atoms with van der Waals surface area (Å²) in [6, 6.07) is 8.68. The maximum absolute atomic E-state index is 12.4. The van der Waals surface area contributed by atoms with Crippen LogP contribution in [0.2, 0.25) is 0 Å². The predicted octanol–water partition coefficient (Wildman–Crippen LogP) is 1.74. The second kappa shape index (κ2) is 5.74. The molecule has 24 heavy (non-hydrogen) atoms. The van der Waals surface area contributed by atoms with Crippen LogP contribution >= 0.6 is 0 Å². The third-order valence-electron chi connectivity index (χ3n) is 4.42. The van der Waals surface area contributed by atoms with Gasteiger partial charge in [-0.15, -0.1) is 5.10 Å². The first kappa shape index (κ1) is 14.9. The molecule has 2 aromatic rings. The lowest BCUT2D eigenvalue weighted by molar-refractivity contribution is -0.139. The smallest absolute Gasteiger partial charge is 0.326 e. The second-order valence-electron chi connectivity index (χ2n) is 6.44. The number of nitrogens with one attached hydrogen (secondary N) is 1. The summed E-state index contributed by atoms with van der Waals surface area (Å²) in [7, 11) is 0. The van der Waals surface area contributed by atoms with Gasteiger partial charge in [0.05, 0.1) is 5.69 Å². The van der Waals surface area contributed by atoms with Gasteiger partial charge in [-0.05, 0) is 43.7 Å². The number of benzene rings is 1. The molecular formula is C17H18N4O3. The maximum atomic E-state index is 12.4. The number of carboxylic acids is 1. The normalized spacial score (nSPS) is 18.2. The lowest BCUT2D eigenvalue weighted by atomic mass is 10.2. The number of para-hydroxylation sites is 1. The van der Waals surface area contributed by atoms with E-state index in [-0.39, 0.29) is 11.7 Å². The van der Waals surface area contributed by atoms with Gasteiger partial charge in [-0.3, -0.25) is 4.79 Å². The van der Waals surface area contributed by atoms with Gasteiger partial charge in [-0.2, -0.15) is 0 Å². The van der Waals surface area contributed by atoms with Crippen LogP contribution in [-0.4, -0.2) is 37.8 Å². The summed E-state index contributed by atoms with van der Waals surface area (Å²) in [5, 5.41) is 16.2. The minimum atomic E-state index is -1.00. The molecule has 2 fully saturated rings. The van der Waals surface area contributed by atoms with Gasteiger partial charge in [0.25, 0.3) is 5.91 Å². The molecule has 1 heterocycles. The van der Waals surface area contributed by atoms with E-state index in [1.54, 1.807) is 4.68 Å². The van der Waals surface area contributed by atoms with Gasteiger partial charge in [0.2, 0.25) is 5.82 Å². The highest BCUT2D eigenvalue weighted by Crippen LogP contribution is 2.39. The Bertz CT molecular complexity index is 778. The van der Waals surface area contributed by atoms with Gasteiger partial charge in [0.15, 0.2) is 0 Å². The molecular weight excluding hydrogens is 308 g/mol. The highest BCUT2D eigenvalue weighted by molar-refractivity contribution is 5.93. The number of hydrogen-bond donors (Lipinski definition) is 2. The van der Waals surface area contributed by atoms with Crippen LogP contribution in [0.1, 0.15) is 48.0 Å². The van der Waals surface area contributed by atoms with Crippen LogP contribution in [0.15, 0.2) is 30.3 Å². The molecule has 2 aliphatic rings. The monoisotopic (exact) mass is 326 g/mol. The minimum absolute atomic E-state index is 0.0190. The zero-order chi connectivity index (χ0) is 16.7. The number of aliphatic carboxylic acids is 1. The Balaban J connectivity index is 1.61. The first-order valence-electron chi connectivity index (χ1n) is 8.19. The molecule has 0 spiro atoms. The molecule has 0 aliphatic heterocycles. The van der Waals surface area contributed by atoms with Crippen LogP contribution in [0.3, 0.4) is 0 Å². The van der Waals surface area contributed by atoms with E-state index >= 15 is 0 Å². The fraction of sp³-hybridized carbons (Fsp3) is 0.412. The standard InChI is InChI=1S/C17H18N4O3/c22-16(18-13(17(23)24)10-6-7-10)14-19-15(11-8-9-11)21(20-14)12-4-2-1-3-5-12/h1-5,10-11,13H,6-9H2,(H,18,22)(H,23,24)/t13-/m1/s1. The van der Waals surface area contributed by atoms with Crippen molar-refractivity contribution >= 4 is 11.9 Å². The highest BCUT2D eigenvalue weighted by atomic mass is 16.4. The van der Waals surface area contributed by atoms with Gasteiger partial charge in [0.1, 0.15) is 11.9 Å². The maximum Gasteiger partial charge on any atom is 0.326 e. The van der Waals surface area contributed by atoms with Crippen molar-refractivity contribution < 1.29 is 14.7 Å². The number of carboxylic acid groups (broad SMARTS) is 1. The van der Waals surface area contributed by atoms with Gasteiger partial charge in [-0.25, -0.2) is 14.5 Å². The second-order valence-corrected chi connectivity index (χ2v) is 6.44. The molecule has 2 saturated carbocycles. The number of nitrogens with zero attached hydrogens (tertiary/aromatic N) is 3. The number of carbonyl (C=O) groups is 2. The third-order valence-corrected chi connectivity index (χ3v) is 4.42. The Morgan fingerprint density at radius 1 is 1.17 bits per heavy atom. The van der Waals surface area contributed by atoms with Crippen molar-refractivity contribution in [2.75, 3.05) is 0 Å². The van der Waals surface area contributed by atoms with E-state index in [9.17, 15) is 14.7 Å². The molecule has 0 unspecified atom stereocenters. The SMILES string of the molecule is O=C(N[C@@H](C(=O)O)C1CC1)c1nc(C2CC2)n(-c2ccccc2)n1. The first-order chi connectivity index (χ1) is 11.6. The Labute approximate surface area is 138 Å². The molecule has 0 saturated heterocycles. The largest absolute Gasteiger partial charge is 0.480 e. The molecule has 1 amide bonds. The van der Waals surface area contributed by atoms with Gasteiger partial charge >= 0.3 is 5.97 Å². The summed E-state index contributed by atoms with van der Waals surface area (Å²) < 4.78 is 1.69. The summed E-state index contributed by atoms with van der Waals surface area (Å²) in [6.45, 7) is 0. The zero-order valence-corrected chi connectivity index (χ0v) is 13.1. The predicted molar refractivity (Wildman–Crippen MR) is 84.9 cm³/mol. The zero-order valence-electron chi connectivity index (χ0n) is 13.1. The highest BCUT2D eigenvalue weighted by Gasteiger charge is 2.38. The fourth-order valence-electron chi connectivity index (χ4n) is 2.80. The van der Waals surface area contributed by atoms with Crippen molar-refractivity contribution in [2.24, 2.45) is 5.92 Å². The van der Waals surface area contributed by atoms with E-state index in [4.69, 9.17) is 0 Å². The van der Waals surface area contributed by atoms with E-state index < -0.39 is 17.9 Å². The third kappa shape index (κ3) is 2.89. The summed E-state index contributed by atoms with van der Waals surface area (Å²) >= 11 is 0. The van der Waals surface area contributed by atoms with E-state index in [0.29, 0.717) is 5.92 Å². The molecule has 4 rings (SSSR count). The minimum Gasteiger partial charge on any atom is -0.480 e. The van der Waals surface area contributed by atoms with E-state index in [2.05, 4.69) is 15.4 Å². The number of rotatable bonds is 6. The molecule has 7 heteroatoms. The average molecular weight is 326 g/mol. The molecule has 124 valence electrons. The number of amides is 1. The lowest BCUT2D eigenvalue weighted by Crippen LogP contribution is -2.42. The summed E-state index contributed by atoms with van der Waals surface area (Å²) in [6.07, 6.45) is 3.73. The van der Waals surface area contributed by atoms with Crippen LogP contribution < -0.4 is 5.32 Å².